The highest BCUT2D eigenvalue weighted by atomic mass is 32.1. The van der Waals surface area contributed by atoms with Crippen molar-refractivity contribution in [3.05, 3.63) is 22.0 Å². The number of nitrogens with one attached hydrogen (secondary N) is 1. The van der Waals surface area contributed by atoms with Crippen LogP contribution in [0.15, 0.2) is 9.80 Å². The van der Waals surface area contributed by atoms with Crippen LogP contribution in [-0.4, -0.2) is 32.2 Å². The second-order valence-electron chi connectivity index (χ2n) is 2.92. The molecular weight excluding hydrogens is 248 g/mol. The van der Waals surface area contributed by atoms with Crippen LogP contribution in [0.2, 0.25) is 0 Å². The maximum absolute atomic E-state index is 11.6. The summed E-state index contributed by atoms with van der Waals surface area (Å²) in [4.78, 5) is 25.8. The van der Waals surface area contributed by atoms with Crippen molar-refractivity contribution in [1.29, 1.82) is 0 Å². The van der Waals surface area contributed by atoms with Crippen LogP contribution in [0, 0.1) is 6.92 Å². The highest BCUT2D eigenvalue weighted by Gasteiger charge is 2.16. The molecular formula is C8H6N4O4S. The summed E-state index contributed by atoms with van der Waals surface area (Å²) in [5, 5.41) is 19.3. The number of aromatic carboxylic acids is 1. The van der Waals surface area contributed by atoms with Crippen LogP contribution in [0.4, 0.5) is 6.01 Å². The first-order valence-corrected chi connectivity index (χ1v) is 5.24. The molecule has 88 valence electrons. The van der Waals surface area contributed by atoms with Crippen molar-refractivity contribution in [1.82, 2.24) is 15.2 Å². The lowest BCUT2D eigenvalue weighted by Gasteiger charge is -1.94. The first-order valence-electron chi connectivity index (χ1n) is 4.36. The summed E-state index contributed by atoms with van der Waals surface area (Å²) < 4.78 is 4.94. The third-order valence-electron chi connectivity index (χ3n) is 1.66. The molecule has 1 amide bonds. The van der Waals surface area contributed by atoms with Gasteiger partial charge in [0.2, 0.25) is 5.89 Å². The summed E-state index contributed by atoms with van der Waals surface area (Å²) in [6, 6.07) is -0.0559. The van der Waals surface area contributed by atoms with Crippen molar-refractivity contribution < 1.29 is 19.1 Å². The maximum Gasteiger partial charge on any atom is 0.355 e. The molecule has 2 heterocycles. The van der Waals surface area contributed by atoms with Crippen molar-refractivity contribution in [2.24, 2.45) is 0 Å². The standard InChI is InChI=1S/C8H6N4O4S/c1-3-11-12-8(16-3)10-5(13)6-9-4(2-17-6)7(14)15/h2H,1H3,(H,14,15)(H,10,12,13). The molecule has 2 aromatic heterocycles. The fraction of sp³-hybridized carbons (Fsp3) is 0.125. The fourth-order valence-electron chi connectivity index (χ4n) is 0.974. The van der Waals surface area contributed by atoms with E-state index in [1.54, 1.807) is 6.92 Å². The Morgan fingerprint density at radius 3 is 2.76 bits per heavy atom. The predicted molar refractivity (Wildman–Crippen MR) is 56.1 cm³/mol. The number of aromatic nitrogens is 3. The molecule has 9 heteroatoms. The first kappa shape index (κ1) is 11.2. The van der Waals surface area contributed by atoms with Gasteiger partial charge in [0.25, 0.3) is 5.91 Å². The number of hydrogen-bond acceptors (Lipinski definition) is 7. The Morgan fingerprint density at radius 2 is 2.24 bits per heavy atom. The number of carbonyl (C=O) groups excluding carboxylic acids is 1. The van der Waals surface area contributed by atoms with Crippen molar-refractivity contribution in [3.8, 4) is 0 Å². The molecule has 2 N–H and O–H groups in total. The van der Waals surface area contributed by atoms with E-state index in [2.05, 4.69) is 20.5 Å². The Bertz CT molecular complexity index is 576. The molecule has 0 unspecified atom stereocenters. The van der Waals surface area contributed by atoms with Crippen molar-refractivity contribution in [2.75, 3.05) is 5.32 Å². The lowest BCUT2D eigenvalue weighted by molar-refractivity contribution is 0.0691. The Labute approximate surface area is 98.3 Å². The summed E-state index contributed by atoms with van der Waals surface area (Å²) in [6.07, 6.45) is 0. The van der Waals surface area contributed by atoms with Gasteiger partial charge in [-0.1, -0.05) is 5.10 Å². The maximum atomic E-state index is 11.6. The molecule has 0 bridgehead atoms. The number of carbonyl (C=O) groups is 2. The zero-order chi connectivity index (χ0) is 12.4. The molecule has 0 aliphatic heterocycles. The Morgan fingerprint density at radius 1 is 1.47 bits per heavy atom. The van der Waals surface area contributed by atoms with E-state index in [0.717, 1.165) is 11.3 Å². The van der Waals surface area contributed by atoms with Gasteiger partial charge in [0, 0.05) is 12.3 Å². The van der Waals surface area contributed by atoms with E-state index in [0.29, 0.717) is 5.89 Å². The summed E-state index contributed by atoms with van der Waals surface area (Å²) >= 11 is 0.918. The molecule has 2 aromatic rings. The molecule has 0 fully saturated rings. The number of rotatable bonds is 3. The van der Waals surface area contributed by atoms with Gasteiger partial charge in [0.05, 0.1) is 0 Å². The number of nitrogens with zero attached hydrogens (tertiary/aromatic N) is 3. The molecule has 0 aliphatic carbocycles. The largest absolute Gasteiger partial charge is 0.476 e. The number of thiazole rings is 1. The molecule has 0 aromatic carbocycles. The number of aryl methyl sites for hydroxylation is 1. The van der Waals surface area contributed by atoms with Gasteiger partial charge in [-0.2, -0.15) is 0 Å². The highest BCUT2D eigenvalue weighted by molar-refractivity contribution is 7.12. The fourth-order valence-corrected chi connectivity index (χ4v) is 1.66. The topological polar surface area (TPSA) is 118 Å². The van der Waals surface area contributed by atoms with Crippen LogP contribution in [0.5, 0.6) is 0 Å². The normalized spacial score (nSPS) is 10.2. The number of amides is 1. The monoisotopic (exact) mass is 254 g/mol. The number of anilines is 1. The average molecular weight is 254 g/mol. The second-order valence-corrected chi connectivity index (χ2v) is 3.78. The molecule has 8 nitrogen and oxygen atoms in total. The van der Waals surface area contributed by atoms with Crippen molar-refractivity contribution in [2.45, 2.75) is 6.92 Å². The smallest absolute Gasteiger partial charge is 0.355 e. The van der Waals surface area contributed by atoms with E-state index in [-0.39, 0.29) is 16.7 Å². The Kier molecular flexibility index (Phi) is 2.83. The van der Waals surface area contributed by atoms with E-state index in [9.17, 15) is 9.59 Å². The molecule has 0 spiro atoms. The minimum absolute atomic E-state index is 0.0123. The van der Waals surface area contributed by atoms with Gasteiger partial charge >= 0.3 is 12.0 Å². The minimum Gasteiger partial charge on any atom is -0.476 e. The van der Waals surface area contributed by atoms with E-state index in [1.807, 2.05) is 0 Å². The predicted octanol–water partition coefficient (Wildman–Crippen LogP) is 0.785. The number of carboxylic acid groups (broad SMARTS) is 1. The van der Waals surface area contributed by atoms with Gasteiger partial charge in [-0.25, -0.2) is 9.78 Å². The third kappa shape index (κ3) is 2.45. The lowest BCUT2D eigenvalue weighted by Crippen LogP contribution is -2.12. The van der Waals surface area contributed by atoms with Crippen LogP contribution < -0.4 is 5.32 Å². The van der Waals surface area contributed by atoms with Crippen molar-refractivity contribution >= 4 is 29.2 Å². The van der Waals surface area contributed by atoms with Crippen molar-refractivity contribution in [3.63, 3.8) is 0 Å². The molecule has 0 radical (unpaired) electrons. The SMILES string of the molecule is Cc1nnc(NC(=O)c2nc(C(=O)O)cs2)o1. The van der Waals surface area contributed by atoms with Gasteiger partial charge in [-0.15, -0.1) is 16.4 Å². The van der Waals surface area contributed by atoms with Crippen LogP contribution in [0.3, 0.4) is 0 Å². The highest BCUT2D eigenvalue weighted by Crippen LogP contribution is 2.12. The van der Waals surface area contributed by atoms with Crippen LogP contribution in [0.1, 0.15) is 26.2 Å². The summed E-state index contributed by atoms with van der Waals surface area (Å²) in [5.74, 6) is -1.47. The van der Waals surface area contributed by atoms with E-state index in [1.165, 1.54) is 5.38 Å². The van der Waals surface area contributed by atoms with E-state index in [4.69, 9.17) is 9.52 Å². The molecule has 0 aliphatic rings. The lowest BCUT2D eigenvalue weighted by atomic mass is 10.5. The summed E-state index contributed by atoms with van der Waals surface area (Å²) in [5.41, 5.74) is -0.179. The number of carboxylic acids is 1. The first-order chi connectivity index (χ1) is 8.06. The van der Waals surface area contributed by atoms with Gasteiger partial charge in [0.15, 0.2) is 10.7 Å². The van der Waals surface area contributed by atoms with Crippen LogP contribution in [0.25, 0.3) is 0 Å². The molecule has 0 saturated carbocycles. The average Bonchev–Trinajstić information content (AvgIpc) is 2.86. The van der Waals surface area contributed by atoms with Crippen LogP contribution >= 0.6 is 11.3 Å². The third-order valence-corrected chi connectivity index (χ3v) is 2.51. The van der Waals surface area contributed by atoms with Crippen LogP contribution in [-0.2, 0) is 0 Å². The molecule has 2 rings (SSSR count). The Hall–Kier alpha value is -2.29. The van der Waals surface area contributed by atoms with E-state index < -0.39 is 11.9 Å². The van der Waals surface area contributed by atoms with Gasteiger partial charge in [-0.05, 0) is 0 Å². The molecule has 0 saturated heterocycles. The number of hydrogen-bond donors (Lipinski definition) is 2. The summed E-state index contributed by atoms with van der Waals surface area (Å²) in [7, 11) is 0. The van der Waals surface area contributed by atoms with Gasteiger partial charge < -0.3 is 9.52 Å². The van der Waals surface area contributed by atoms with Gasteiger partial charge in [0.1, 0.15) is 0 Å². The zero-order valence-corrected chi connectivity index (χ0v) is 9.32. The van der Waals surface area contributed by atoms with E-state index >= 15 is 0 Å². The minimum atomic E-state index is -1.19. The zero-order valence-electron chi connectivity index (χ0n) is 8.50. The molecule has 0 atom stereocenters. The summed E-state index contributed by atoms with van der Waals surface area (Å²) in [6.45, 7) is 1.58. The quantitative estimate of drug-likeness (QED) is 0.830. The molecule has 17 heavy (non-hydrogen) atoms. The second kappa shape index (κ2) is 4.29. The Balaban J connectivity index is 2.11. The van der Waals surface area contributed by atoms with Gasteiger partial charge in [-0.3, -0.25) is 10.1 Å².